The van der Waals surface area contributed by atoms with Crippen LogP contribution in [0.3, 0.4) is 0 Å². The number of thioether (sulfide) groups is 1. The predicted octanol–water partition coefficient (Wildman–Crippen LogP) is 4.40. The van der Waals surface area contributed by atoms with Crippen molar-refractivity contribution in [3.63, 3.8) is 0 Å². The van der Waals surface area contributed by atoms with Crippen LogP contribution in [0.5, 0.6) is 0 Å². The maximum atomic E-state index is 6.10. The number of hydrogen-bond acceptors (Lipinski definition) is 4. The lowest BCUT2D eigenvalue weighted by Gasteiger charge is -2.44. The van der Waals surface area contributed by atoms with Crippen molar-refractivity contribution in [1.29, 1.82) is 0 Å². The zero-order valence-electron chi connectivity index (χ0n) is 12.1. The molecule has 2 heterocycles. The number of nitrogens with zero attached hydrogens (tertiary/aromatic N) is 3. The van der Waals surface area contributed by atoms with Gasteiger partial charge in [0, 0.05) is 19.2 Å². The molecule has 3 nitrogen and oxygen atoms in total. The molecule has 1 spiro atoms. The highest BCUT2D eigenvalue weighted by molar-refractivity contribution is 7.98. The Morgan fingerprint density at radius 2 is 1.80 bits per heavy atom. The summed E-state index contributed by atoms with van der Waals surface area (Å²) in [6.45, 7) is 2.22. The minimum atomic E-state index is 0.553. The molecule has 2 fully saturated rings. The van der Waals surface area contributed by atoms with Gasteiger partial charge in [-0.3, -0.25) is 0 Å². The fourth-order valence-electron chi connectivity index (χ4n) is 3.65. The zero-order chi connectivity index (χ0) is 14.0. The summed E-state index contributed by atoms with van der Waals surface area (Å²) < 4.78 is 0. The Hall–Kier alpha value is -0.480. The van der Waals surface area contributed by atoms with E-state index < -0.39 is 0 Å². The molecule has 1 aliphatic heterocycles. The fourth-order valence-corrected chi connectivity index (χ4v) is 4.25. The Morgan fingerprint density at radius 1 is 1.10 bits per heavy atom. The summed E-state index contributed by atoms with van der Waals surface area (Å²) in [6.07, 6.45) is 11.8. The number of anilines is 1. The number of piperidine rings is 1. The molecule has 1 saturated heterocycles. The third-order valence-electron chi connectivity index (χ3n) is 4.91. The second kappa shape index (κ2) is 6.10. The molecule has 0 radical (unpaired) electrons. The summed E-state index contributed by atoms with van der Waals surface area (Å²) in [5.41, 5.74) is 0.633. The normalized spacial score (nSPS) is 22.2. The van der Waals surface area contributed by atoms with Gasteiger partial charge in [-0.15, -0.1) is 0 Å². The standard InChI is InChI=1S/C15H22ClN3S/c1-20-14-17-12(16)11-13(18-14)19-9-7-15(8-10-19)5-3-2-4-6-15/h11H,2-10H2,1H3. The molecular formula is C15H22ClN3S. The lowest BCUT2D eigenvalue weighted by Crippen LogP contribution is -2.41. The van der Waals surface area contributed by atoms with E-state index >= 15 is 0 Å². The average molecular weight is 312 g/mol. The molecule has 5 heteroatoms. The third-order valence-corrected chi connectivity index (χ3v) is 5.65. The van der Waals surface area contributed by atoms with Crippen molar-refractivity contribution in [2.75, 3.05) is 24.2 Å². The largest absolute Gasteiger partial charge is 0.356 e. The second-order valence-corrected chi connectivity index (χ2v) is 7.24. The summed E-state index contributed by atoms with van der Waals surface area (Å²) >= 11 is 7.65. The van der Waals surface area contributed by atoms with E-state index in [0.717, 1.165) is 24.1 Å². The highest BCUT2D eigenvalue weighted by Gasteiger charge is 2.35. The molecule has 0 bridgehead atoms. The number of hydrogen-bond donors (Lipinski definition) is 0. The summed E-state index contributed by atoms with van der Waals surface area (Å²) in [5.74, 6) is 1.00. The van der Waals surface area contributed by atoms with Crippen molar-refractivity contribution >= 4 is 29.2 Å². The predicted molar refractivity (Wildman–Crippen MR) is 85.8 cm³/mol. The van der Waals surface area contributed by atoms with E-state index in [-0.39, 0.29) is 0 Å². The summed E-state index contributed by atoms with van der Waals surface area (Å²) in [5, 5.41) is 1.32. The van der Waals surface area contributed by atoms with Gasteiger partial charge in [-0.1, -0.05) is 42.6 Å². The second-order valence-electron chi connectivity index (χ2n) is 6.08. The van der Waals surface area contributed by atoms with E-state index in [9.17, 15) is 0 Å². The van der Waals surface area contributed by atoms with Gasteiger partial charge in [-0.2, -0.15) is 0 Å². The minimum Gasteiger partial charge on any atom is -0.356 e. The highest BCUT2D eigenvalue weighted by Crippen LogP contribution is 2.45. The van der Waals surface area contributed by atoms with E-state index in [2.05, 4.69) is 14.9 Å². The van der Waals surface area contributed by atoms with Gasteiger partial charge in [0.1, 0.15) is 11.0 Å². The van der Waals surface area contributed by atoms with Crippen molar-refractivity contribution in [2.24, 2.45) is 5.41 Å². The first-order valence-corrected chi connectivity index (χ1v) is 9.15. The molecule has 0 unspecified atom stereocenters. The topological polar surface area (TPSA) is 29.0 Å². The molecule has 3 rings (SSSR count). The fraction of sp³-hybridized carbons (Fsp3) is 0.733. The van der Waals surface area contributed by atoms with Crippen LogP contribution >= 0.6 is 23.4 Å². The Kier molecular flexibility index (Phi) is 4.41. The Morgan fingerprint density at radius 3 is 2.45 bits per heavy atom. The lowest BCUT2D eigenvalue weighted by molar-refractivity contribution is 0.144. The first-order valence-electron chi connectivity index (χ1n) is 7.54. The first kappa shape index (κ1) is 14.5. The van der Waals surface area contributed by atoms with Crippen molar-refractivity contribution in [3.8, 4) is 0 Å². The van der Waals surface area contributed by atoms with Gasteiger partial charge in [0.15, 0.2) is 5.16 Å². The summed E-state index contributed by atoms with van der Waals surface area (Å²) in [4.78, 5) is 11.2. The van der Waals surface area contributed by atoms with Gasteiger partial charge in [-0.05, 0) is 37.4 Å². The molecule has 110 valence electrons. The Bertz CT molecular complexity index is 464. The van der Waals surface area contributed by atoms with Crippen LogP contribution in [-0.4, -0.2) is 29.3 Å². The lowest BCUT2D eigenvalue weighted by atomic mass is 9.68. The van der Waals surface area contributed by atoms with Gasteiger partial charge in [0.2, 0.25) is 0 Å². The molecule has 1 saturated carbocycles. The van der Waals surface area contributed by atoms with Crippen LogP contribution in [0.2, 0.25) is 5.15 Å². The van der Waals surface area contributed by atoms with Crippen LogP contribution in [0, 0.1) is 5.41 Å². The molecule has 1 aromatic rings. The van der Waals surface area contributed by atoms with Crippen LogP contribution < -0.4 is 4.90 Å². The smallest absolute Gasteiger partial charge is 0.190 e. The van der Waals surface area contributed by atoms with Crippen LogP contribution in [-0.2, 0) is 0 Å². The van der Waals surface area contributed by atoms with Gasteiger partial charge in [0.25, 0.3) is 0 Å². The molecule has 0 amide bonds. The van der Waals surface area contributed by atoms with Gasteiger partial charge in [-0.25, -0.2) is 9.97 Å². The van der Waals surface area contributed by atoms with Crippen molar-refractivity contribution in [2.45, 2.75) is 50.1 Å². The number of aromatic nitrogens is 2. The number of rotatable bonds is 2. The highest BCUT2D eigenvalue weighted by atomic mass is 35.5. The zero-order valence-corrected chi connectivity index (χ0v) is 13.6. The van der Waals surface area contributed by atoms with Gasteiger partial charge < -0.3 is 4.90 Å². The molecule has 0 N–H and O–H groups in total. The molecule has 1 aromatic heterocycles. The SMILES string of the molecule is CSc1nc(Cl)cc(N2CCC3(CCCCC3)CC2)n1. The Balaban J connectivity index is 1.70. The van der Waals surface area contributed by atoms with Crippen molar-refractivity contribution < 1.29 is 0 Å². The quantitative estimate of drug-likeness (QED) is 0.460. The number of halogens is 1. The average Bonchev–Trinajstić information content (AvgIpc) is 2.48. The van der Waals surface area contributed by atoms with Gasteiger partial charge in [0.05, 0.1) is 0 Å². The van der Waals surface area contributed by atoms with Crippen LogP contribution in [0.25, 0.3) is 0 Å². The molecule has 0 aromatic carbocycles. The summed E-state index contributed by atoms with van der Waals surface area (Å²) in [6, 6.07) is 1.90. The monoisotopic (exact) mass is 311 g/mol. The van der Waals surface area contributed by atoms with E-state index in [0.29, 0.717) is 10.6 Å². The third kappa shape index (κ3) is 3.06. The van der Waals surface area contributed by atoms with Crippen LogP contribution in [0.15, 0.2) is 11.2 Å². The maximum absolute atomic E-state index is 6.10. The van der Waals surface area contributed by atoms with Crippen LogP contribution in [0.1, 0.15) is 44.9 Å². The maximum Gasteiger partial charge on any atom is 0.190 e. The minimum absolute atomic E-state index is 0.553. The van der Waals surface area contributed by atoms with E-state index in [1.54, 1.807) is 11.8 Å². The molecular weight excluding hydrogens is 290 g/mol. The van der Waals surface area contributed by atoms with Crippen molar-refractivity contribution in [3.05, 3.63) is 11.2 Å². The Labute approximate surface area is 130 Å². The molecule has 1 aliphatic carbocycles. The van der Waals surface area contributed by atoms with E-state index in [4.69, 9.17) is 11.6 Å². The van der Waals surface area contributed by atoms with Crippen LogP contribution in [0.4, 0.5) is 5.82 Å². The molecule has 20 heavy (non-hydrogen) atoms. The van der Waals surface area contributed by atoms with Crippen molar-refractivity contribution in [1.82, 2.24) is 9.97 Å². The van der Waals surface area contributed by atoms with E-state index in [1.165, 1.54) is 44.9 Å². The summed E-state index contributed by atoms with van der Waals surface area (Å²) in [7, 11) is 0. The molecule has 2 aliphatic rings. The van der Waals surface area contributed by atoms with E-state index in [1.807, 2.05) is 12.3 Å². The van der Waals surface area contributed by atoms with Gasteiger partial charge >= 0.3 is 0 Å². The first-order chi connectivity index (χ1) is 9.71. The molecule has 0 atom stereocenters.